The fourth-order valence-electron chi connectivity index (χ4n) is 1.46. The van der Waals surface area contributed by atoms with Gasteiger partial charge in [0.15, 0.2) is 0 Å². The van der Waals surface area contributed by atoms with Crippen LogP contribution >= 0.6 is 0 Å². The number of esters is 1. The molecule has 0 atom stereocenters. The zero-order chi connectivity index (χ0) is 15.9. The van der Waals surface area contributed by atoms with Crippen LogP contribution in [0.4, 0.5) is 24.8 Å². The van der Waals surface area contributed by atoms with Crippen LogP contribution in [-0.2, 0) is 15.7 Å². The summed E-state index contributed by atoms with van der Waals surface area (Å²) < 4.78 is 42.8. The number of anilines is 2. The molecule has 0 saturated heterocycles. The van der Waals surface area contributed by atoms with Crippen LogP contribution < -0.4 is 10.6 Å². The lowest BCUT2D eigenvalue weighted by molar-refractivity contribution is -0.145. The van der Waals surface area contributed by atoms with Crippen LogP contribution in [0.15, 0.2) is 6.07 Å². The number of nitrogens with one attached hydrogen (secondary N) is 2. The van der Waals surface area contributed by atoms with Gasteiger partial charge in [-0.25, -0.2) is 9.97 Å². The monoisotopic (exact) mass is 306 g/mol. The van der Waals surface area contributed by atoms with Crippen molar-refractivity contribution in [1.82, 2.24) is 9.97 Å². The first-order valence-corrected chi connectivity index (χ1v) is 6.46. The molecule has 0 bridgehead atoms. The first kappa shape index (κ1) is 17.0. The minimum Gasteiger partial charge on any atom is -0.466 e. The summed E-state index contributed by atoms with van der Waals surface area (Å²) in [5.41, 5.74) is 0. The largest absolute Gasteiger partial charge is 0.466 e. The summed E-state index contributed by atoms with van der Waals surface area (Å²) in [5, 5.41) is 5.35. The highest BCUT2D eigenvalue weighted by Gasteiger charge is 2.35. The van der Waals surface area contributed by atoms with Gasteiger partial charge in [0.25, 0.3) is 0 Å². The SMILES string of the molecule is CCNc1cc(NCCC(=O)OCC)nc(C(F)(F)F)n1. The Bertz CT molecular complexity index is 480. The molecule has 1 aromatic heterocycles. The van der Waals surface area contributed by atoms with Gasteiger partial charge in [-0.05, 0) is 13.8 Å². The third-order valence-electron chi connectivity index (χ3n) is 2.28. The van der Waals surface area contributed by atoms with Gasteiger partial charge >= 0.3 is 12.1 Å². The predicted molar refractivity (Wildman–Crippen MR) is 70.9 cm³/mol. The molecule has 2 N–H and O–H groups in total. The van der Waals surface area contributed by atoms with E-state index in [0.29, 0.717) is 6.54 Å². The highest BCUT2D eigenvalue weighted by molar-refractivity contribution is 5.70. The number of halogens is 3. The molecule has 0 aromatic carbocycles. The van der Waals surface area contributed by atoms with Crippen molar-refractivity contribution in [3.63, 3.8) is 0 Å². The molecule has 21 heavy (non-hydrogen) atoms. The van der Waals surface area contributed by atoms with E-state index in [1.54, 1.807) is 13.8 Å². The number of ether oxygens (including phenoxy) is 1. The summed E-state index contributed by atoms with van der Waals surface area (Å²) in [5.74, 6) is -1.60. The van der Waals surface area contributed by atoms with Crippen molar-refractivity contribution in [3.05, 3.63) is 11.9 Å². The van der Waals surface area contributed by atoms with Gasteiger partial charge in [-0.1, -0.05) is 0 Å². The number of nitrogens with zero attached hydrogens (tertiary/aromatic N) is 2. The van der Waals surface area contributed by atoms with Gasteiger partial charge < -0.3 is 15.4 Å². The number of hydrogen-bond acceptors (Lipinski definition) is 6. The van der Waals surface area contributed by atoms with E-state index in [4.69, 9.17) is 4.74 Å². The Labute approximate surface area is 120 Å². The van der Waals surface area contributed by atoms with Crippen LogP contribution in [0.2, 0.25) is 0 Å². The predicted octanol–water partition coefficient (Wildman–Crippen LogP) is 2.29. The van der Waals surface area contributed by atoms with Crippen molar-refractivity contribution in [2.45, 2.75) is 26.4 Å². The third-order valence-corrected chi connectivity index (χ3v) is 2.28. The molecular formula is C12H17F3N4O2. The summed E-state index contributed by atoms with van der Waals surface area (Å²) in [7, 11) is 0. The number of carbonyl (C=O) groups excluding carboxylic acids is 1. The highest BCUT2D eigenvalue weighted by atomic mass is 19.4. The maximum atomic E-state index is 12.7. The van der Waals surface area contributed by atoms with Gasteiger partial charge in [0.2, 0.25) is 5.82 Å². The molecule has 0 radical (unpaired) electrons. The number of carbonyl (C=O) groups is 1. The first-order valence-electron chi connectivity index (χ1n) is 6.46. The van der Waals surface area contributed by atoms with E-state index in [1.807, 2.05) is 0 Å². The van der Waals surface area contributed by atoms with Gasteiger partial charge in [-0.15, -0.1) is 0 Å². The van der Waals surface area contributed by atoms with Crippen molar-refractivity contribution in [2.24, 2.45) is 0 Å². The fraction of sp³-hybridized carbons (Fsp3) is 0.583. The van der Waals surface area contributed by atoms with E-state index in [1.165, 1.54) is 6.07 Å². The Kier molecular flexibility index (Phi) is 6.19. The Morgan fingerprint density at radius 1 is 1.24 bits per heavy atom. The molecule has 1 rings (SSSR count). The summed E-state index contributed by atoms with van der Waals surface area (Å²) in [4.78, 5) is 17.9. The van der Waals surface area contributed by atoms with Gasteiger partial charge in [0.1, 0.15) is 11.6 Å². The van der Waals surface area contributed by atoms with Crippen LogP contribution in [0.5, 0.6) is 0 Å². The summed E-state index contributed by atoms with van der Waals surface area (Å²) in [6.07, 6.45) is -4.60. The van der Waals surface area contributed by atoms with Crippen molar-refractivity contribution >= 4 is 17.6 Å². The first-order chi connectivity index (χ1) is 9.86. The van der Waals surface area contributed by atoms with E-state index in [0.717, 1.165) is 0 Å². The topological polar surface area (TPSA) is 76.1 Å². The average Bonchev–Trinajstić information content (AvgIpc) is 2.38. The van der Waals surface area contributed by atoms with Crippen LogP contribution in [0.25, 0.3) is 0 Å². The standard InChI is InChI=1S/C12H17F3N4O2/c1-3-16-8-7-9(17-6-5-10(20)21-4-2)19-11(18-8)12(13,14)15/h7H,3-6H2,1-2H3,(H2,16,17,18,19). The molecule has 0 unspecified atom stereocenters. The van der Waals surface area contributed by atoms with Crippen LogP contribution in [0.1, 0.15) is 26.1 Å². The second-order valence-electron chi connectivity index (χ2n) is 3.97. The van der Waals surface area contributed by atoms with E-state index >= 15 is 0 Å². The van der Waals surface area contributed by atoms with Crippen molar-refractivity contribution < 1.29 is 22.7 Å². The van der Waals surface area contributed by atoms with Gasteiger partial charge in [-0.3, -0.25) is 4.79 Å². The maximum absolute atomic E-state index is 12.7. The van der Waals surface area contributed by atoms with Crippen LogP contribution in [-0.4, -0.2) is 35.6 Å². The van der Waals surface area contributed by atoms with E-state index in [-0.39, 0.29) is 31.2 Å². The van der Waals surface area contributed by atoms with Gasteiger partial charge in [-0.2, -0.15) is 13.2 Å². The molecular weight excluding hydrogens is 289 g/mol. The smallest absolute Gasteiger partial charge is 0.451 e. The number of aromatic nitrogens is 2. The molecule has 118 valence electrons. The van der Waals surface area contributed by atoms with Gasteiger partial charge in [0, 0.05) is 19.2 Å². The number of hydrogen-bond donors (Lipinski definition) is 2. The van der Waals surface area contributed by atoms with Crippen molar-refractivity contribution in [1.29, 1.82) is 0 Å². The quantitative estimate of drug-likeness (QED) is 0.753. The third kappa shape index (κ3) is 5.84. The molecule has 0 amide bonds. The molecule has 9 heteroatoms. The Morgan fingerprint density at radius 2 is 1.86 bits per heavy atom. The van der Waals surface area contributed by atoms with Crippen LogP contribution in [0.3, 0.4) is 0 Å². The highest BCUT2D eigenvalue weighted by Crippen LogP contribution is 2.28. The van der Waals surface area contributed by atoms with Crippen molar-refractivity contribution in [3.8, 4) is 0 Å². The molecule has 0 aliphatic heterocycles. The second-order valence-corrected chi connectivity index (χ2v) is 3.97. The normalized spacial score (nSPS) is 11.1. The molecule has 0 aliphatic rings. The summed E-state index contributed by atoms with van der Waals surface area (Å²) >= 11 is 0. The van der Waals surface area contributed by atoms with Gasteiger partial charge in [0.05, 0.1) is 13.0 Å². The molecule has 1 heterocycles. The zero-order valence-electron chi connectivity index (χ0n) is 11.8. The second kappa shape index (κ2) is 7.65. The minimum atomic E-state index is -4.64. The minimum absolute atomic E-state index is 0.00225. The lowest BCUT2D eigenvalue weighted by Gasteiger charge is -2.12. The lowest BCUT2D eigenvalue weighted by Crippen LogP contribution is -2.17. The van der Waals surface area contributed by atoms with E-state index < -0.39 is 18.0 Å². The molecule has 6 nitrogen and oxygen atoms in total. The fourth-order valence-corrected chi connectivity index (χ4v) is 1.46. The van der Waals surface area contributed by atoms with Crippen LogP contribution in [0, 0.1) is 0 Å². The average molecular weight is 306 g/mol. The Balaban J connectivity index is 2.76. The Hall–Kier alpha value is -2.06. The number of rotatable bonds is 7. The molecule has 0 aliphatic carbocycles. The van der Waals surface area contributed by atoms with E-state index in [9.17, 15) is 18.0 Å². The molecule has 1 aromatic rings. The van der Waals surface area contributed by atoms with Crippen molar-refractivity contribution in [2.75, 3.05) is 30.3 Å². The summed E-state index contributed by atoms with van der Waals surface area (Å²) in [6.45, 7) is 4.22. The lowest BCUT2D eigenvalue weighted by atomic mass is 10.4. The zero-order valence-corrected chi connectivity index (χ0v) is 11.8. The molecule has 0 saturated carbocycles. The molecule has 0 spiro atoms. The maximum Gasteiger partial charge on any atom is 0.451 e. The summed E-state index contributed by atoms with van der Waals surface area (Å²) in [6, 6.07) is 1.35. The Morgan fingerprint density at radius 3 is 2.38 bits per heavy atom. The number of alkyl halides is 3. The van der Waals surface area contributed by atoms with E-state index in [2.05, 4.69) is 20.6 Å². The molecule has 0 fully saturated rings.